The van der Waals surface area contributed by atoms with Gasteiger partial charge >= 0.3 is 0 Å². The number of hydrogen-bond acceptors (Lipinski definition) is 5. The molecular formula is C15H18F2N2O2S. The van der Waals surface area contributed by atoms with Gasteiger partial charge in [-0.2, -0.15) is 0 Å². The van der Waals surface area contributed by atoms with Crippen molar-refractivity contribution in [3.63, 3.8) is 0 Å². The monoisotopic (exact) mass is 328 g/mol. The summed E-state index contributed by atoms with van der Waals surface area (Å²) in [6, 6.07) is 5.44. The van der Waals surface area contributed by atoms with Gasteiger partial charge in [-0.25, -0.2) is 13.8 Å². The van der Waals surface area contributed by atoms with Crippen LogP contribution in [0.4, 0.5) is 14.5 Å². The summed E-state index contributed by atoms with van der Waals surface area (Å²) in [6.07, 6.45) is -2.48. The molecular weight excluding hydrogens is 310 g/mol. The Morgan fingerprint density at radius 3 is 2.91 bits per heavy atom. The van der Waals surface area contributed by atoms with Crippen LogP contribution in [0.2, 0.25) is 0 Å². The first kappa shape index (κ1) is 16.6. The van der Waals surface area contributed by atoms with Gasteiger partial charge in [-0.15, -0.1) is 11.3 Å². The van der Waals surface area contributed by atoms with Crippen LogP contribution in [0.3, 0.4) is 0 Å². The van der Waals surface area contributed by atoms with Crippen LogP contribution in [0, 0.1) is 6.92 Å². The number of halogens is 2. The van der Waals surface area contributed by atoms with E-state index in [1.54, 1.807) is 24.5 Å². The van der Waals surface area contributed by atoms with Crippen molar-refractivity contribution in [1.82, 2.24) is 4.98 Å². The lowest BCUT2D eigenvalue weighted by Gasteiger charge is -2.11. The molecule has 120 valence electrons. The van der Waals surface area contributed by atoms with Crippen molar-refractivity contribution in [2.75, 3.05) is 19.0 Å². The van der Waals surface area contributed by atoms with Crippen molar-refractivity contribution < 1.29 is 18.3 Å². The molecule has 0 unspecified atom stereocenters. The standard InChI is InChI=1S/C15H18F2N2O2S/c1-10-3-4-11(5-13(10)21-7-14(16)17)18-6-12-9-22-15(19-12)8-20-2/h3-5,9,14,18H,6-8H2,1-2H3. The molecule has 0 saturated heterocycles. The van der Waals surface area contributed by atoms with Crippen LogP contribution >= 0.6 is 11.3 Å². The van der Waals surface area contributed by atoms with Gasteiger partial charge in [0.2, 0.25) is 0 Å². The Morgan fingerprint density at radius 1 is 1.36 bits per heavy atom. The van der Waals surface area contributed by atoms with E-state index in [-0.39, 0.29) is 0 Å². The summed E-state index contributed by atoms with van der Waals surface area (Å²) in [7, 11) is 1.63. The molecule has 1 heterocycles. The molecule has 4 nitrogen and oxygen atoms in total. The smallest absolute Gasteiger partial charge is 0.272 e. The van der Waals surface area contributed by atoms with Crippen LogP contribution in [-0.4, -0.2) is 25.1 Å². The van der Waals surface area contributed by atoms with Crippen molar-refractivity contribution in [3.05, 3.63) is 39.8 Å². The summed E-state index contributed by atoms with van der Waals surface area (Å²) in [6.45, 7) is 2.27. The number of aromatic nitrogens is 1. The van der Waals surface area contributed by atoms with Gasteiger partial charge in [0.25, 0.3) is 6.43 Å². The summed E-state index contributed by atoms with van der Waals surface area (Å²) >= 11 is 1.54. The van der Waals surface area contributed by atoms with Gasteiger partial charge in [0.1, 0.15) is 17.4 Å². The highest BCUT2D eigenvalue weighted by Crippen LogP contribution is 2.23. The maximum atomic E-state index is 12.2. The Kier molecular flexibility index (Phi) is 6.09. The van der Waals surface area contributed by atoms with E-state index in [0.717, 1.165) is 22.0 Å². The first-order valence-corrected chi connectivity index (χ1v) is 7.64. The molecule has 2 rings (SSSR count). The number of alkyl halides is 2. The predicted molar refractivity (Wildman–Crippen MR) is 82.8 cm³/mol. The van der Waals surface area contributed by atoms with Gasteiger partial charge < -0.3 is 14.8 Å². The summed E-state index contributed by atoms with van der Waals surface area (Å²) in [5.41, 5.74) is 2.53. The van der Waals surface area contributed by atoms with Crippen LogP contribution < -0.4 is 10.1 Å². The maximum absolute atomic E-state index is 12.2. The van der Waals surface area contributed by atoms with Gasteiger partial charge in [0, 0.05) is 24.2 Å². The minimum absolute atomic E-state index is 0.462. The number of rotatable bonds is 8. The molecule has 0 aliphatic rings. The van der Waals surface area contributed by atoms with E-state index in [1.165, 1.54) is 0 Å². The highest BCUT2D eigenvalue weighted by Gasteiger charge is 2.07. The Labute approximate surface area is 132 Å². The van der Waals surface area contributed by atoms with E-state index in [1.807, 2.05) is 24.4 Å². The largest absolute Gasteiger partial charge is 0.487 e. The average Bonchev–Trinajstić information content (AvgIpc) is 2.93. The number of methoxy groups -OCH3 is 1. The number of ether oxygens (including phenoxy) is 2. The van der Waals surface area contributed by atoms with Gasteiger partial charge in [0.15, 0.2) is 0 Å². The van der Waals surface area contributed by atoms with Crippen LogP contribution in [0.25, 0.3) is 0 Å². The third-order valence-corrected chi connectivity index (χ3v) is 3.76. The second-order valence-corrected chi connectivity index (χ2v) is 5.64. The fourth-order valence-corrected chi connectivity index (χ4v) is 2.59. The molecule has 0 aliphatic heterocycles. The molecule has 22 heavy (non-hydrogen) atoms. The molecule has 7 heteroatoms. The molecule has 0 fully saturated rings. The Hall–Kier alpha value is -1.73. The molecule has 0 amide bonds. The zero-order valence-electron chi connectivity index (χ0n) is 12.4. The number of benzene rings is 1. The minimum Gasteiger partial charge on any atom is -0.487 e. The SMILES string of the molecule is COCc1nc(CNc2ccc(C)c(OCC(F)F)c2)cs1. The molecule has 0 radical (unpaired) electrons. The summed E-state index contributed by atoms with van der Waals surface area (Å²) in [5.74, 6) is 0.462. The molecule has 2 aromatic rings. The number of nitrogens with zero attached hydrogens (tertiary/aromatic N) is 1. The van der Waals surface area contributed by atoms with Crippen molar-refractivity contribution >= 4 is 17.0 Å². The van der Waals surface area contributed by atoms with E-state index in [4.69, 9.17) is 9.47 Å². The molecule has 0 aliphatic carbocycles. The fraction of sp³-hybridized carbons (Fsp3) is 0.400. The van der Waals surface area contributed by atoms with E-state index >= 15 is 0 Å². The maximum Gasteiger partial charge on any atom is 0.272 e. The van der Waals surface area contributed by atoms with Crippen molar-refractivity contribution in [2.45, 2.75) is 26.5 Å². The quantitative estimate of drug-likeness (QED) is 0.799. The van der Waals surface area contributed by atoms with Gasteiger partial charge in [-0.05, 0) is 18.6 Å². The Bertz CT molecular complexity index is 605. The Morgan fingerprint density at radius 2 is 2.18 bits per heavy atom. The van der Waals surface area contributed by atoms with Gasteiger partial charge in [-0.3, -0.25) is 0 Å². The van der Waals surface area contributed by atoms with Gasteiger partial charge in [0.05, 0.1) is 18.8 Å². The zero-order valence-corrected chi connectivity index (χ0v) is 13.3. The van der Waals surface area contributed by atoms with E-state index < -0.39 is 13.0 Å². The van der Waals surface area contributed by atoms with Crippen LogP contribution in [0.1, 0.15) is 16.3 Å². The molecule has 0 spiro atoms. The van der Waals surface area contributed by atoms with E-state index in [0.29, 0.717) is 18.9 Å². The molecule has 1 aromatic carbocycles. The lowest BCUT2D eigenvalue weighted by molar-refractivity contribution is 0.0816. The molecule has 1 aromatic heterocycles. The summed E-state index contributed by atoms with van der Waals surface area (Å²) in [4.78, 5) is 4.42. The third kappa shape index (κ3) is 4.92. The Balaban J connectivity index is 1.95. The second kappa shape index (κ2) is 8.05. The summed E-state index contributed by atoms with van der Waals surface area (Å²) in [5, 5.41) is 6.09. The minimum atomic E-state index is -2.48. The highest BCUT2D eigenvalue weighted by atomic mass is 32.1. The zero-order chi connectivity index (χ0) is 15.9. The van der Waals surface area contributed by atoms with Crippen molar-refractivity contribution in [1.29, 1.82) is 0 Å². The topological polar surface area (TPSA) is 43.4 Å². The number of nitrogens with one attached hydrogen (secondary N) is 1. The molecule has 1 N–H and O–H groups in total. The van der Waals surface area contributed by atoms with Crippen molar-refractivity contribution in [3.8, 4) is 5.75 Å². The number of aryl methyl sites for hydroxylation is 1. The first-order chi connectivity index (χ1) is 10.6. The van der Waals surface area contributed by atoms with E-state index in [2.05, 4.69) is 10.3 Å². The number of hydrogen-bond donors (Lipinski definition) is 1. The summed E-state index contributed by atoms with van der Waals surface area (Å²) < 4.78 is 34.6. The molecule has 0 bridgehead atoms. The third-order valence-electron chi connectivity index (χ3n) is 2.89. The number of thiazole rings is 1. The lowest BCUT2D eigenvalue weighted by atomic mass is 10.2. The lowest BCUT2D eigenvalue weighted by Crippen LogP contribution is -2.08. The van der Waals surface area contributed by atoms with Crippen LogP contribution in [0.5, 0.6) is 5.75 Å². The second-order valence-electron chi connectivity index (χ2n) is 4.70. The van der Waals surface area contributed by atoms with Crippen LogP contribution in [0.15, 0.2) is 23.6 Å². The van der Waals surface area contributed by atoms with Crippen LogP contribution in [-0.2, 0) is 17.9 Å². The molecule has 0 saturated carbocycles. The van der Waals surface area contributed by atoms with E-state index in [9.17, 15) is 8.78 Å². The first-order valence-electron chi connectivity index (χ1n) is 6.76. The highest BCUT2D eigenvalue weighted by molar-refractivity contribution is 7.09. The predicted octanol–water partition coefficient (Wildman–Crippen LogP) is 3.85. The average molecular weight is 328 g/mol. The number of anilines is 1. The van der Waals surface area contributed by atoms with Crippen molar-refractivity contribution in [2.24, 2.45) is 0 Å². The van der Waals surface area contributed by atoms with Gasteiger partial charge in [-0.1, -0.05) is 6.07 Å². The normalized spacial score (nSPS) is 11.0. The molecule has 0 atom stereocenters. The fourth-order valence-electron chi connectivity index (χ4n) is 1.83.